The summed E-state index contributed by atoms with van der Waals surface area (Å²) in [4.78, 5) is 29.6. The van der Waals surface area contributed by atoms with E-state index >= 15 is 0 Å². The van der Waals surface area contributed by atoms with Crippen molar-refractivity contribution in [1.82, 2.24) is 15.1 Å². The Kier molecular flexibility index (Phi) is 6.65. The number of carbonyl (C=O) groups is 2. The molecule has 1 aromatic rings. The van der Waals surface area contributed by atoms with E-state index in [0.717, 1.165) is 36.5 Å². The molecule has 0 radical (unpaired) electrons. The van der Waals surface area contributed by atoms with E-state index in [4.69, 9.17) is 4.74 Å². The predicted molar refractivity (Wildman–Crippen MR) is 121 cm³/mol. The van der Waals surface area contributed by atoms with Crippen LogP contribution in [0.4, 0.5) is 0 Å². The summed E-state index contributed by atoms with van der Waals surface area (Å²) in [5.41, 5.74) is 2.37. The summed E-state index contributed by atoms with van der Waals surface area (Å²) >= 11 is 0. The van der Waals surface area contributed by atoms with Crippen molar-refractivity contribution in [3.63, 3.8) is 0 Å². The second-order valence-corrected chi connectivity index (χ2v) is 8.98. The summed E-state index contributed by atoms with van der Waals surface area (Å²) < 4.78 is 6.55. The lowest BCUT2D eigenvalue weighted by atomic mass is 10.0. The molecule has 1 unspecified atom stereocenters. The molecule has 0 aromatic heterocycles. The zero-order valence-electron chi connectivity index (χ0n) is 18.9. The number of nitrogens with zero attached hydrogens (tertiary/aromatic N) is 2. The molecule has 6 heteroatoms. The molecule has 0 bridgehead atoms. The molecule has 1 N–H and O–H groups in total. The van der Waals surface area contributed by atoms with Gasteiger partial charge in [0, 0.05) is 23.8 Å². The zero-order valence-corrected chi connectivity index (χ0v) is 18.9. The van der Waals surface area contributed by atoms with Crippen LogP contribution in [0.2, 0.25) is 0 Å². The van der Waals surface area contributed by atoms with E-state index in [9.17, 15) is 9.59 Å². The van der Waals surface area contributed by atoms with Gasteiger partial charge in [0.2, 0.25) is 5.91 Å². The lowest BCUT2D eigenvalue weighted by molar-refractivity contribution is -0.126. The van der Waals surface area contributed by atoms with Crippen LogP contribution in [0.3, 0.4) is 0 Å². The van der Waals surface area contributed by atoms with E-state index in [1.807, 2.05) is 18.2 Å². The second kappa shape index (κ2) is 9.43. The van der Waals surface area contributed by atoms with Gasteiger partial charge in [0.15, 0.2) is 0 Å². The standard InChI is InChI=1S/C25H35N3O3/c1-4-27(5-2)21-9-7-6-8-10-23(21)31-19-12-13-20-18(15-19)16-28(25(20)30)22-14-11-17(3)26-24(22)29/h12-13,15,21-23H,3-11,14,16H2,1-2H3,(H,26,29)/t21-,22?,23+/m1/s1. The first-order chi connectivity index (χ1) is 15.0. The highest BCUT2D eigenvalue weighted by Gasteiger charge is 2.38. The van der Waals surface area contributed by atoms with Gasteiger partial charge in [-0.2, -0.15) is 0 Å². The van der Waals surface area contributed by atoms with E-state index in [2.05, 4.69) is 30.6 Å². The van der Waals surface area contributed by atoms with Crippen molar-refractivity contribution < 1.29 is 14.3 Å². The Morgan fingerprint density at radius 1 is 1.13 bits per heavy atom. The Morgan fingerprint density at radius 3 is 2.65 bits per heavy atom. The number of carbonyl (C=O) groups excluding carboxylic acids is 2. The minimum absolute atomic E-state index is 0.0651. The molecule has 2 fully saturated rings. The van der Waals surface area contributed by atoms with Gasteiger partial charge in [0.1, 0.15) is 17.9 Å². The van der Waals surface area contributed by atoms with Crippen LogP contribution in [0.15, 0.2) is 30.5 Å². The largest absolute Gasteiger partial charge is 0.489 e. The molecule has 2 aliphatic heterocycles. The Bertz CT molecular complexity index is 848. The van der Waals surface area contributed by atoms with Crippen molar-refractivity contribution in [2.24, 2.45) is 0 Å². The Hall–Kier alpha value is -2.34. The summed E-state index contributed by atoms with van der Waals surface area (Å²) in [5.74, 6) is 0.637. The van der Waals surface area contributed by atoms with Crippen LogP contribution < -0.4 is 10.1 Å². The summed E-state index contributed by atoms with van der Waals surface area (Å²) in [6.45, 7) is 10.8. The number of piperidine rings is 1. The van der Waals surface area contributed by atoms with Crippen LogP contribution in [0.5, 0.6) is 5.75 Å². The SMILES string of the molecule is C=C1CCC(N2Cc3cc(O[C@H]4CCCCC[C@H]4N(CC)CC)ccc3C2=O)C(=O)N1. The van der Waals surface area contributed by atoms with Crippen molar-refractivity contribution in [1.29, 1.82) is 0 Å². The van der Waals surface area contributed by atoms with Crippen LogP contribution in [0.1, 0.15) is 74.7 Å². The number of fused-ring (bicyclic) bond motifs is 1. The highest BCUT2D eigenvalue weighted by atomic mass is 16.5. The number of allylic oxidation sites excluding steroid dienone is 1. The molecular weight excluding hydrogens is 390 g/mol. The third-order valence-corrected chi connectivity index (χ3v) is 7.09. The van der Waals surface area contributed by atoms with Gasteiger partial charge >= 0.3 is 0 Å². The summed E-state index contributed by atoms with van der Waals surface area (Å²) in [5, 5.41) is 2.79. The fourth-order valence-electron chi connectivity index (χ4n) is 5.38. The molecule has 1 aliphatic carbocycles. The van der Waals surface area contributed by atoms with Gasteiger partial charge in [-0.05, 0) is 69.0 Å². The summed E-state index contributed by atoms with van der Waals surface area (Å²) in [7, 11) is 0. The highest BCUT2D eigenvalue weighted by Crippen LogP contribution is 2.32. The molecule has 31 heavy (non-hydrogen) atoms. The van der Waals surface area contributed by atoms with Crippen LogP contribution in [0, 0.1) is 0 Å². The van der Waals surface area contributed by atoms with Gasteiger partial charge in [-0.25, -0.2) is 0 Å². The minimum Gasteiger partial charge on any atom is -0.489 e. The lowest BCUT2D eigenvalue weighted by Gasteiger charge is -2.35. The van der Waals surface area contributed by atoms with Gasteiger partial charge in [0.05, 0.1) is 0 Å². The maximum atomic E-state index is 13.0. The molecule has 1 aromatic carbocycles. The average Bonchev–Trinajstić information content (AvgIpc) is 2.91. The molecule has 1 saturated heterocycles. The van der Waals surface area contributed by atoms with Crippen molar-refractivity contribution in [3.8, 4) is 5.75 Å². The first-order valence-corrected chi connectivity index (χ1v) is 11.8. The number of likely N-dealkylation sites (N-methyl/N-ethyl adjacent to an activating group) is 1. The van der Waals surface area contributed by atoms with Crippen LogP contribution in [-0.4, -0.2) is 52.9 Å². The highest BCUT2D eigenvalue weighted by molar-refractivity contribution is 6.01. The molecule has 2 heterocycles. The molecule has 6 nitrogen and oxygen atoms in total. The van der Waals surface area contributed by atoms with Crippen molar-refractivity contribution in [2.45, 2.75) is 83.5 Å². The topological polar surface area (TPSA) is 61.9 Å². The monoisotopic (exact) mass is 425 g/mol. The smallest absolute Gasteiger partial charge is 0.255 e. The van der Waals surface area contributed by atoms with Crippen LogP contribution >= 0.6 is 0 Å². The van der Waals surface area contributed by atoms with E-state index < -0.39 is 6.04 Å². The van der Waals surface area contributed by atoms with Crippen molar-refractivity contribution in [2.75, 3.05) is 13.1 Å². The summed E-state index contributed by atoms with van der Waals surface area (Å²) in [6, 6.07) is 5.81. The van der Waals surface area contributed by atoms with Gasteiger partial charge in [-0.3, -0.25) is 14.5 Å². The van der Waals surface area contributed by atoms with Gasteiger partial charge in [-0.15, -0.1) is 0 Å². The second-order valence-electron chi connectivity index (χ2n) is 8.98. The van der Waals surface area contributed by atoms with E-state index in [0.29, 0.717) is 31.0 Å². The third kappa shape index (κ3) is 4.49. The number of amides is 2. The first-order valence-electron chi connectivity index (χ1n) is 11.8. The zero-order chi connectivity index (χ0) is 22.0. The molecular formula is C25H35N3O3. The average molecular weight is 426 g/mol. The summed E-state index contributed by atoms with van der Waals surface area (Å²) in [6.07, 6.45) is 7.46. The number of benzene rings is 1. The fraction of sp³-hybridized carbons (Fsp3) is 0.600. The molecule has 1 saturated carbocycles. The van der Waals surface area contributed by atoms with E-state index in [1.165, 1.54) is 25.7 Å². The van der Waals surface area contributed by atoms with Gasteiger partial charge in [0.25, 0.3) is 5.91 Å². The van der Waals surface area contributed by atoms with Crippen LogP contribution in [0.25, 0.3) is 0 Å². The number of nitrogens with one attached hydrogen (secondary N) is 1. The quantitative estimate of drug-likeness (QED) is 0.703. The molecule has 0 spiro atoms. The maximum Gasteiger partial charge on any atom is 0.255 e. The van der Waals surface area contributed by atoms with Gasteiger partial charge in [-0.1, -0.05) is 33.3 Å². The third-order valence-electron chi connectivity index (χ3n) is 7.09. The fourth-order valence-corrected chi connectivity index (χ4v) is 5.38. The molecule has 3 aliphatic rings. The predicted octanol–water partition coefficient (Wildman–Crippen LogP) is 3.86. The van der Waals surface area contributed by atoms with Crippen LogP contribution in [-0.2, 0) is 11.3 Å². The number of ether oxygens (including phenoxy) is 1. The molecule has 2 amide bonds. The lowest BCUT2D eigenvalue weighted by Crippen LogP contribution is -2.49. The normalized spacial score (nSPS) is 26.6. The first kappa shape index (κ1) is 21.9. The molecule has 3 atom stereocenters. The Labute approximate surface area is 185 Å². The maximum absolute atomic E-state index is 13.0. The van der Waals surface area contributed by atoms with E-state index in [-0.39, 0.29) is 17.9 Å². The minimum atomic E-state index is -0.427. The number of hydrogen-bond donors (Lipinski definition) is 1. The molecule has 4 rings (SSSR count). The van der Waals surface area contributed by atoms with E-state index in [1.54, 1.807) is 4.90 Å². The van der Waals surface area contributed by atoms with Crippen molar-refractivity contribution in [3.05, 3.63) is 41.6 Å². The van der Waals surface area contributed by atoms with Gasteiger partial charge < -0.3 is 15.0 Å². The van der Waals surface area contributed by atoms with Crippen molar-refractivity contribution >= 4 is 11.8 Å². The number of rotatable bonds is 6. The Morgan fingerprint density at radius 2 is 1.90 bits per heavy atom. The Balaban J connectivity index is 1.50. The molecule has 168 valence electrons. The number of hydrogen-bond acceptors (Lipinski definition) is 4.